The number of ether oxygens (including phenoxy) is 1. The second-order valence-electron chi connectivity index (χ2n) is 3.69. The summed E-state index contributed by atoms with van der Waals surface area (Å²) in [6, 6.07) is 4.74. The molecule has 1 atom stereocenters. The summed E-state index contributed by atoms with van der Waals surface area (Å²) in [7, 11) is 0. The Morgan fingerprint density at radius 3 is 2.50 bits per heavy atom. The minimum atomic E-state index is -0.529. The molecule has 0 radical (unpaired) electrons. The molecule has 0 aliphatic heterocycles. The van der Waals surface area contributed by atoms with Gasteiger partial charge in [0, 0.05) is 11.1 Å². The Hall–Kier alpha value is -1.20. The fourth-order valence-electron chi connectivity index (χ4n) is 1.60. The standard InChI is InChI=1S/C13H15BrO4/c1-3-18-13(17)10-6-4-5-9(11(10)7-15)12(16)8(2)14/h4-6,8,15H,3,7H2,1-2H3. The number of alkyl halides is 1. The molecule has 0 fully saturated rings. The van der Waals surface area contributed by atoms with Gasteiger partial charge in [-0.3, -0.25) is 4.79 Å². The van der Waals surface area contributed by atoms with Crippen molar-refractivity contribution in [1.29, 1.82) is 0 Å². The van der Waals surface area contributed by atoms with Gasteiger partial charge in [-0.15, -0.1) is 0 Å². The average Bonchev–Trinajstić information content (AvgIpc) is 2.36. The molecule has 0 aliphatic rings. The number of aliphatic hydroxyl groups excluding tert-OH is 1. The number of hydrogen-bond donors (Lipinski definition) is 1. The zero-order valence-electron chi connectivity index (χ0n) is 10.3. The number of hydrogen-bond acceptors (Lipinski definition) is 4. The van der Waals surface area contributed by atoms with Crippen LogP contribution in [0.4, 0.5) is 0 Å². The van der Waals surface area contributed by atoms with Gasteiger partial charge in [0.2, 0.25) is 0 Å². The van der Waals surface area contributed by atoms with Crippen LogP contribution in [0, 0.1) is 0 Å². The maximum absolute atomic E-state index is 11.9. The molecule has 0 bridgehead atoms. The lowest BCUT2D eigenvalue weighted by molar-refractivity contribution is 0.0523. The third kappa shape index (κ3) is 3.17. The first-order valence-electron chi connectivity index (χ1n) is 5.61. The summed E-state index contributed by atoms with van der Waals surface area (Å²) in [5.74, 6) is -0.705. The highest BCUT2D eigenvalue weighted by atomic mass is 79.9. The molecule has 1 aromatic carbocycles. The van der Waals surface area contributed by atoms with E-state index in [1.54, 1.807) is 32.0 Å². The van der Waals surface area contributed by atoms with Crippen molar-refractivity contribution in [2.24, 2.45) is 0 Å². The van der Waals surface area contributed by atoms with E-state index in [0.717, 1.165) is 0 Å². The highest BCUT2D eigenvalue weighted by molar-refractivity contribution is 9.10. The zero-order valence-corrected chi connectivity index (χ0v) is 11.9. The van der Waals surface area contributed by atoms with Crippen molar-refractivity contribution < 1.29 is 19.4 Å². The van der Waals surface area contributed by atoms with Crippen LogP contribution < -0.4 is 0 Å². The normalized spacial score (nSPS) is 12.0. The number of ketones is 1. The van der Waals surface area contributed by atoms with Crippen LogP contribution in [-0.2, 0) is 11.3 Å². The number of carbonyl (C=O) groups excluding carboxylic acids is 2. The van der Waals surface area contributed by atoms with Gasteiger partial charge in [-0.1, -0.05) is 28.1 Å². The minimum absolute atomic E-state index is 0.176. The highest BCUT2D eigenvalue weighted by Crippen LogP contribution is 2.20. The number of rotatable bonds is 5. The quantitative estimate of drug-likeness (QED) is 0.514. The Bertz CT molecular complexity index is 454. The molecule has 0 saturated heterocycles. The van der Waals surface area contributed by atoms with E-state index in [1.165, 1.54) is 0 Å². The Morgan fingerprint density at radius 1 is 1.39 bits per heavy atom. The molecular formula is C13H15BrO4. The van der Waals surface area contributed by atoms with Gasteiger partial charge in [0.05, 0.1) is 23.6 Å². The molecule has 0 aliphatic carbocycles. The van der Waals surface area contributed by atoms with Crippen LogP contribution in [0.1, 0.15) is 40.1 Å². The average molecular weight is 315 g/mol. The van der Waals surface area contributed by atoms with Crippen LogP contribution >= 0.6 is 15.9 Å². The Kier molecular flexibility index (Phi) is 5.50. The lowest BCUT2D eigenvalue weighted by Crippen LogP contribution is -2.16. The summed E-state index contributed by atoms with van der Waals surface area (Å²) < 4.78 is 4.89. The maximum Gasteiger partial charge on any atom is 0.338 e. The van der Waals surface area contributed by atoms with E-state index < -0.39 is 5.97 Å². The lowest BCUT2D eigenvalue weighted by atomic mass is 9.97. The molecule has 18 heavy (non-hydrogen) atoms. The summed E-state index contributed by atoms with van der Waals surface area (Å²) in [6.07, 6.45) is 0. The van der Waals surface area contributed by atoms with Crippen LogP contribution in [0.3, 0.4) is 0 Å². The molecule has 0 amide bonds. The summed E-state index contributed by atoms with van der Waals surface area (Å²) >= 11 is 3.18. The SMILES string of the molecule is CCOC(=O)c1cccc(C(=O)C(C)Br)c1CO. The molecular weight excluding hydrogens is 300 g/mol. The number of benzene rings is 1. The Morgan fingerprint density at radius 2 is 2.00 bits per heavy atom. The molecule has 1 unspecified atom stereocenters. The van der Waals surface area contributed by atoms with Gasteiger partial charge in [0.25, 0.3) is 0 Å². The number of Topliss-reactive ketones (excluding diaryl/α,β-unsaturated/α-hetero) is 1. The molecule has 1 aromatic rings. The van der Waals surface area contributed by atoms with E-state index in [9.17, 15) is 14.7 Å². The second kappa shape index (κ2) is 6.66. The van der Waals surface area contributed by atoms with Crippen molar-refractivity contribution in [1.82, 2.24) is 0 Å². The maximum atomic E-state index is 11.9. The van der Waals surface area contributed by atoms with Crippen molar-refractivity contribution in [2.45, 2.75) is 25.3 Å². The van der Waals surface area contributed by atoms with E-state index >= 15 is 0 Å². The van der Waals surface area contributed by atoms with Gasteiger partial charge in [-0.2, -0.15) is 0 Å². The van der Waals surface area contributed by atoms with Gasteiger partial charge in [0.15, 0.2) is 5.78 Å². The van der Waals surface area contributed by atoms with Gasteiger partial charge in [0.1, 0.15) is 0 Å². The predicted molar refractivity (Wildman–Crippen MR) is 71.0 cm³/mol. The van der Waals surface area contributed by atoms with E-state index in [-0.39, 0.29) is 29.4 Å². The molecule has 0 spiro atoms. The zero-order chi connectivity index (χ0) is 13.7. The number of esters is 1. The van der Waals surface area contributed by atoms with Crippen LogP contribution in [0.15, 0.2) is 18.2 Å². The molecule has 5 heteroatoms. The number of halogens is 1. The van der Waals surface area contributed by atoms with Crippen molar-refractivity contribution in [3.05, 3.63) is 34.9 Å². The monoisotopic (exact) mass is 314 g/mol. The third-order valence-electron chi connectivity index (χ3n) is 2.46. The molecule has 0 saturated carbocycles. The van der Waals surface area contributed by atoms with Gasteiger partial charge < -0.3 is 9.84 Å². The summed E-state index contributed by atoms with van der Waals surface area (Å²) in [5, 5.41) is 9.37. The first kappa shape index (κ1) is 14.9. The number of carbonyl (C=O) groups is 2. The molecule has 4 nitrogen and oxygen atoms in total. The van der Waals surface area contributed by atoms with Gasteiger partial charge in [-0.25, -0.2) is 4.79 Å². The summed E-state index contributed by atoms with van der Waals surface area (Å²) in [6.45, 7) is 3.26. The predicted octanol–water partition coefficient (Wildman–Crippen LogP) is 2.32. The highest BCUT2D eigenvalue weighted by Gasteiger charge is 2.21. The largest absolute Gasteiger partial charge is 0.462 e. The van der Waals surface area contributed by atoms with Gasteiger partial charge >= 0.3 is 5.97 Å². The second-order valence-corrected chi connectivity index (χ2v) is 5.06. The van der Waals surface area contributed by atoms with Crippen molar-refractivity contribution in [3.8, 4) is 0 Å². The molecule has 1 rings (SSSR count). The van der Waals surface area contributed by atoms with Crippen LogP contribution in [0.2, 0.25) is 0 Å². The van der Waals surface area contributed by atoms with E-state index in [0.29, 0.717) is 11.1 Å². The fraction of sp³-hybridized carbons (Fsp3) is 0.385. The van der Waals surface area contributed by atoms with Gasteiger partial charge in [-0.05, 0) is 19.9 Å². The molecule has 98 valence electrons. The van der Waals surface area contributed by atoms with Crippen molar-refractivity contribution in [2.75, 3.05) is 6.61 Å². The number of aliphatic hydroxyl groups is 1. The van der Waals surface area contributed by atoms with Crippen LogP contribution in [0.5, 0.6) is 0 Å². The summed E-state index contributed by atoms with van der Waals surface area (Å²) in [5.41, 5.74) is 0.887. The topological polar surface area (TPSA) is 63.6 Å². The summed E-state index contributed by atoms with van der Waals surface area (Å²) in [4.78, 5) is 23.3. The fourth-order valence-corrected chi connectivity index (χ4v) is 1.85. The van der Waals surface area contributed by atoms with Crippen LogP contribution in [0.25, 0.3) is 0 Å². The molecule has 0 heterocycles. The van der Waals surface area contributed by atoms with Crippen molar-refractivity contribution in [3.63, 3.8) is 0 Å². The van der Waals surface area contributed by atoms with Crippen molar-refractivity contribution >= 4 is 27.7 Å². The molecule has 0 aromatic heterocycles. The Labute approximate surface area is 114 Å². The van der Waals surface area contributed by atoms with Crippen LogP contribution in [-0.4, -0.2) is 28.3 Å². The lowest BCUT2D eigenvalue weighted by Gasteiger charge is -2.12. The third-order valence-corrected chi connectivity index (χ3v) is 2.87. The minimum Gasteiger partial charge on any atom is -0.462 e. The molecule has 1 N–H and O–H groups in total. The van der Waals surface area contributed by atoms with E-state index in [4.69, 9.17) is 4.74 Å². The van der Waals surface area contributed by atoms with E-state index in [1.807, 2.05) is 0 Å². The first-order chi connectivity index (χ1) is 8.52. The van der Waals surface area contributed by atoms with E-state index in [2.05, 4.69) is 15.9 Å². The Balaban J connectivity index is 3.26. The first-order valence-corrected chi connectivity index (χ1v) is 6.52. The smallest absolute Gasteiger partial charge is 0.338 e.